The van der Waals surface area contributed by atoms with E-state index in [1.165, 1.54) is 37.4 Å². The Morgan fingerprint density at radius 1 is 1.24 bits per heavy atom. The molecule has 3 rings (SSSR count). The minimum absolute atomic E-state index is 0. The van der Waals surface area contributed by atoms with Crippen molar-refractivity contribution >= 4 is 12.4 Å². The zero-order valence-corrected chi connectivity index (χ0v) is 11.3. The second-order valence-corrected chi connectivity index (χ2v) is 5.40. The van der Waals surface area contributed by atoms with Crippen LogP contribution in [0, 0.1) is 5.92 Å². The Kier molecular flexibility index (Phi) is 3.69. The first-order valence-corrected chi connectivity index (χ1v) is 6.29. The highest BCUT2D eigenvalue weighted by molar-refractivity contribution is 5.85. The van der Waals surface area contributed by atoms with Gasteiger partial charge in [0.25, 0.3) is 0 Å². The van der Waals surface area contributed by atoms with E-state index in [2.05, 4.69) is 28.7 Å². The molecule has 3 atom stereocenters. The van der Waals surface area contributed by atoms with Gasteiger partial charge in [0.2, 0.25) is 0 Å². The number of nitrogens with zero attached hydrogens (tertiary/aromatic N) is 3. The molecule has 94 valence electrons. The van der Waals surface area contributed by atoms with E-state index >= 15 is 0 Å². The third kappa shape index (κ3) is 2.18. The summed E-state index contributed by atoms with van der Waals surface area (Å²) in [6.07, 6.45) is 5.02. The minimum atomic E-state index is 0. The Bertz CT molecular complexity index is 394. The maximum absolute atomic E-state index is 4.61. The van der Waals surface area contributed by atoms with Gasteiger partial charge in [0.05, 0.1) is 11.4 Å². The smallest absolute Gasteiger partial charge is 0.0668 e. The molecule has 1 aromatic rings. The van der Waals surface area contributed by atoms with E-state index in [4.69, 9.17) is 0 Å². The van der Waals surface area contributed by atoms with Gasteiger partial charge in [-0.2, -0.15) is 0 Å². The average molecular weight is 254 g/mol. The van der Waals surface area contributed by atoms with Crippen molar-refractivity contribution in [2.24, 2.45) is 5.92 Å². The van der Waals surface area contributed by atoms with Crippen LogP contribution < -0.4 is 0 Å². The van der Waals surface area contributed by atoms with E-state index < -0.39 is 0 Å². The lowest BCUT2D eigenvalue weighted by Crippen LogP contribution is -2.24. The molecule has 0 aliphatic carbocycles. The van der Waals surface area contributed by atoms with Crippen LogP contribution in [0.15, 0.2) is 12.4 Å². The summed E-state index contributed by atoms with van der Waals surface area (Å²) in [5, 5.41) is 0. The lowest BCUT2D eigenvalue weighted by Gasteiger charge is -2.23. The van der Waals surface area contributed by atoms with Gasteiger partial charge in [-0.1, -0.05) is 13.8 Å². The number of rotatable bonds is 2. The fourth-order valence-corrected chi connectivity index (χ4v) is 3.18. The molecule has 2 saturated heterocycles. The molecule has 0 amide bonds. The maximum Gasteiger partial charge on any atom is 0.0668 e. The van der Waals surface area contributed by atoms with Crippen LogP contribution >= 0.6 is 12.4 Å². The molecule has 0 N–H and O–H groups in total. The fraction of sp³-hybridized carbons (Fsp3) is 0.692. The Morgan fingerprint density at radius 3 is 2.59 bits per heavy atom. The lowest BCUT2D eigenvalue weighted by molar-refractivity contribution is 0.342. The highest BCUT2D eigenvalue weighted by atomic mass is 35.5. The fourth-order valence-electron chi connectivity index (χ4n) is 3.18. The number of piperidine rings is 1. The van der Waals surface area contributed by atoms with E-state index in [1.807, 2.05) is 12.4 Å². The van der Waals surface area contributed by atoms with Crippen molar-refractivity contribution in [2.75, 3.05) is 19.6 Å². The first kappa shape index (κ1) is 12.8. The van der Waals surface area contributed by atoms with Gasteiger partial charge in [0.15, 0.2) is 0 Å². The molecule has 2 fully saturated rings. The molecule has 3 heterocycles. The van der Waals surface area contributed by atoms with Gasteiger partial charge >= 0.3 is 0 Å². The van der Waals surface area contributed by atoms with Crippen molar-refractivity contribution in [2.45, 2.75) is 32.1 Å². The summed E-state index contributed by atoms with van der Waals surface area (Å²) in [4.78, 5) is 11.7. The van der Waals surface area contributed by atoms with Crippen molar-refractivity contribution < 1.29 is 0 Å². The van der Waals surface area contributed by atoms with E-state index in [1.54, 1.807) is 0 Å². The maximum atomic E-state index is 4.61. The van der Waals surface area contributed by atoms with E-state index in [0.29, 0.717) is 11.8 Å². The van der Waals surface area contributed by atoms with Gasteiger partial charge in [-0.3, -0.25) is 9.97 Å². The number of hydrogen-bond donors (Lipinski definition) is 0. The van der Waals surface area contributed by atoms with Crippen molar-refractivity contribution in [3.05, 3.63) is 23.8 Å². The van der Waals surface area contributed by atoms with Crippen LogP contribution in [0.4, 0.5) is 0 Å². The second-order valence-electron chi connectivity index (χ2n) is 5.40. The predicted octanol–water partition coefficient (Wildman–Crippen LogP) is 2.44. The Labute approximate surface area is 109 Å². The molecule has 0 aromatic carbocycles. The van der Waals surface area contributed by atoms with Crippen LogP contribution in [0.2, 0.25) is 0 Å². The summed E-state index contributed by atoms with van der Waals surface area (Å²) >= 11 is 0. The highest BCUT2D eigenvalue weighted by Gasteiger charge is 2.40. The van der Waals surface area contributed by atoms with E-state index in [-0.39, 0.29) is 12.4 Å². The summed E-state index contributed by atoms with van der Waals surface area (Å²) in [6.45, 7) is 8.18. The molecular weight excluding hydrogens is 234 g/mol. The van der Waals surface area contributed by atoms with Crippen LogP contribution in [0.1, 0.15) is 43.5 Å². The quantitative estimate of drug-likeness (QED) is 0.811. The Balaban J connectivity index is 0.00000108. The largest absolute Gasteiger partial charge is 0.302 e. The summed E-state index contributed by atoms with van der Waals surface area (Å²) in [5.41, 5.74) is 2.48. The van der Waals surface area contributed by atoms with E-state index in [0.717, 1.165) is 5.92 Å². The summed E-state index contributed by atoms with van der Waals surface area (Å²) in [7, 11) is 0. The molecule has 0 saturated carbocycles. The SMILES string of the molecule is CC(C)c1nccnc1C1CN2CCC1C2.Cl. The first-order chi connectivity index (χ1) is 7.75. The van der Waals surface area contributed by atoms with Gasteiger partial charge in [-0.15, -0.1) is 12.4 Å². The van der Waals surface area contributed by atoms with Gasteiger partial charge in [0.1, 0.15) is 0 Å². The Morgan fingerprint density at radius 2 is 2.00 bits per heavy atom. The van der Waals surface area contributed by atoms with Crippen LogP contribution in [0.5, 0.6) is 0 Å². The molecule has 17 heavy (non-hydrogen) atoms. The molecule has 1 aromatic heterocycles. The van der Waals surface area contributed by atoms with Gasteiger partial charge in [-0.05, 0) is 24.8 Å². The third-order valence-corrected chi connectivity index (χ3v) is 3.99. The average Bonchev–Trinajstić information content (AvgIpc) is 2.90. The summed E-state index contributed by atoms with van der Waals surface area (Å²) in [5.74, 6) is 1.95. The van der Waals surface area contributed by atoms with Crippen LogP contribution in [0.25, 0.3) is 0 Å². The molecule has 2 aliphatic heterocycles. The molecular formula is C13H20ClN3. The molecule has 3 unspecified atom stereocenters. The van der Waals surface area contributed by atoms with E-state index in [9.17, 15) is 0 Å². The summed E-state index contributed by atoms with van der Waals surface area (Å²) in [6, 6.07) is 0. The normalized spacial score (nSPS) is 30.6. The summed E-state index contributed by atoms with van der Waals surface area (Å²) < 4.78 is 0. The molecule has 0 radical (unpaired) electrons. The molecule has 2 aliphatic rings. The van der Waals surface area contributed by atoms with Crippen LogP contribution in [0.3, 0.4) is 0 Å². The first-order valence-electron chi connectivity index (χ1n) is 6.29. The Hall–Kier alpha value is -0.670. The zero-order chi connectivity index (χ0) is 11.1. The van der Waals surface area contributed by atoms with Crippen molar-refractivity contribution in [1.82, 2.24) is 14.9 Å². The minimum Gasteiger partial charge on any atom is -0.302 e. The number of hydrogen-bond acceptors (Lipinski definition) is 3. The standard InChI is InChI=1S/C13H19N3.ClH/c1-9(2)12-13(15-5-4-14-12)11-8-16-6-3-10(11)7-16;/h4-5,9-11H,3,6-8H2,1-2H3;1H. The number of halogens is 1. The van der Waals surface area contributed by atoms with Crippen molar-refractivity contribution in [1.29, 1.82) is 0 Å². The van der Waals surface area contributed by atoms with Gasteiger partial charge < -0.3 is 4.90 Å². The molecule has 0 spiro atoms. The van der Waals surface area contributed by atoms with Gasteiger partial charge in [-0.25, -0.2) is 0 Å². The molecule has 2 bridgehead atoms. The number of fused-ring (bicyclic) bond motifs is 2. The molecule has 4 heteroatoms. The zero-order valence-electron chi connectivity index (χ0n) is 10.5. The lowest BCUT2D eigenvalue weighted by atomic mass is 9.87. The second kappa shape index (κ2) is 4.91. The van der Waals surface area contributed by atoms with Gasteiger partial charge in [0, 0.05) is 31.4 Å². The highest BCUT2D eigenvalue weighted by Crippen LogP contribution is 2.40. The van der Waals surface area contributed by atoms with Crippen molar-refractivity contribution in [3.8, 4) is 0 Å². The third-order valence-electron chi connectivity index (χ3n) is 3.99. The predicted molar refractivity (Wildman–Crippen MR) is 70.7 cm³/mol. The topological polar surface area (TPSA) is 29.0 Å². The van der Waals surface area contributed by atoms with Crippen LogP contribution in [-0.4, -0.2) is 34.5 Å². The molecule has 3 nitrogen and oxygen atoms in total. The van der Waals surface area contributed by atoms with Crippen LogP contribution in [-0.2, 0) is 0 Å². The monoisotopic (exact) mass is 253 g/mol. The van der Waals surface area contributed by atoms with Crippen molar-refractivity contribution in [3.63, 3.8) is 0 Å². The number of aromatic nitrogens is 2.